The number of aromatic nitrogens is 1. The molecule has 0 aliphatic carbocycles. The SMILES string of the molecule is Cc1cc(O)c(C(=O)O)c(=O)n1Cc1ccco1. The quantitative estimate of drug-likeness (QED) is 0.852. The van der Waals surface area contributed by atoms with Crippen molar-refractivity contribution < 1.29 is 19.4 Å². The first-order valence-electron chi connectivity index (χ1n) is 5.19. The average Bonchev–Trinajstić information content (AvgIpc) is 2.75. The summed E-state index contributed by atoms with van der Waals surface area (Å²) in [4.78, 5) is 22.9. The van der Waals surface area contributed by atoms with Crippen LogP contribution in [0.5, 0.6) is 5.75 Å². The van der Waals surface area contributed by atoms with Crippen molar-refractivity contribution in [2.24, 2.45) is 0 Å². The fourth-order valence-electron chi connectivity index (χ4n) is 1.71. The molecule has 0 unspecified atom stereocenters. The van der Waals surface area contributed by atoms with Gasteiger partial charge in [0.15, 0.2) is 5.56 Å². The molecule has 2 heterocycles. The fourth-order valence-corrected chi connectivity index (χ4v) is 1.71. The van der Waals surface area contributed by atoms with Crippen molar-refractivity contribution in [3.8, 4) is 5.75 Å². The van der Waals surface area contributed by atoms with Crippen molar-refractivity contribution in [2.75, 3.05) is 0 Å². The van der Waals surface area contributed by atoms with E-state index in [0.717, 1.165) is 0 Å². The second-order valence-electron chi connectivity index (χ2n) is 3.82. The number of aromatic hydroxyl groups is 1. The summed E-state index contributed by atoms with van der Waals surface area (Å²) in [6.07, 6.45) is 1.47. The molecule has 2 aromatic rings. The molecule has 0 fully saturated rings. The van der Waals surface area contributed by atoms with E-state index in [9.17, 15) is 14.7 Å². The van der Waals surface area contributed by atoms with Gasteiger partial charge in [-0.3, -0.25) is 4.79 Å². The Labute approximate surface area is 102 Å². The third kappa shape index (κ3) is 2.00. The molecule has 2 aromatic heterocycles. The van der Waals surface area contributed by atoms with Crippen LogP contribution in [-0.4, -0.2) is 20.7 Å². The first-order chi connectivity index (χ1) is 8.50. The van der Waals surface area contributed by atoms with Gasteiger partial charge in [0.2, 0.25) is 0 Å². The van der Waals surface area contributed by atoms with Gasteiger partial charge in [-0.05, 0) is 19.1 Å². The van der Waals surface area contributed by atoms with Gasteiger partial charge in [-0.1, -0.05) is 0 Å². The minimum absolute atomic E-state index is 0.123. The van der Waals surface area contributed by atoms with Gasteiger partial charge >= 0.3 is 5.97 Å². The zero-order valence-corrected chi connectivity index (χ0v) is 9.58. The summed E-state index contributed by atoms with van der Waals surface area (Å²) in [5.74, 6) is -1.45. The zero-order valence-electron chi connectivity index (χ0n) is 9.58. The Hall–Kier alpha value is -2.50. The molecule has 2 rings (SSSR count). The van der Waals surface area contributed by atoms with Crippen LogP contribution in [0.1, 0.15) is 21.8 Å². The lowest BCUT2D eigenvalue weighted by molar-refractivity contribution is 0.0691. The number of hydrogen-bond acceptors (Lipinski definition) is 4. The van der Waals surface area contributed by atoms with Crippen LogP contribution in [0.25, 0.3) is 0 Å². The Morgan fingerprint density at radius 1 is 1.50 bits per heavy atom. The lowest BCUT2D eigenvalue weighted by Gasteiger charge is -2.10. The molecular formula is C12H11NO5. The van der Waals surface area contributed by atoms with Crippen molar-refractivity contribution in [1.82, 2.24) is 4.57 Å². The van der Waals surface area contributed by atoms with E-state index in [1.165, 1.54) is 16.9 Å². The highest BCUT2D eigenvalue weighted by molar-refractivity contribution is 5.90. The third-order valence-corrected chi connectivity index (χ3v) is 2.59. The van der Waals surface area contributed by atoms with Gasteiger partial charge in [-0.15, -0.1) is 0 Å². The molecule has 0 aliphatic heterocycles. The van der Waals surface area contributed by atoms with E-state index in [-0.39, 0.29) is 6.54 Å². The maximum atomic E-state index is 12.0. The predicted octanol–water partition coefficient (Wildman–Crippen LogP) is 1.20. The van der Waals surface area contributed by atoms with Crippen molar-refractivity contribution in [2.45, 2.75) is 13.5 Å². The second-order valence-corrected chi connectivity index (χ2v) is 3.82. The summed E-state index contributed by atoms with van der Waals surface area (Å²) in [6, 6.07) is 4.60. The number of carboxylic acid groups (broad SMARTS) is 1. The van der Waals surface area contributed by atoms with Crippen molar-refractivity contribution in [3.63, 3.8) is 0 Å². The highest BCUT2D eigenvalue weighted by Gasteiger charge is 2.19. The van der Waals surface area contributed by atoms with Gasteiger partial charge in [-0.25, -0.2) is 4.79 Å². The molecule has 6 nitrogen and oxygen atoms in total. The minimum Gasteiger partial charge on any atom is -0.507 e. The summed E-state index contributed by atoms with van der Waals surface area (Å²) < 4.78 is 6.35. The fraction of sp³-hybridized carbons (Fsp3) is 0.167. The zero-order chi connectivity index (χ0) is 13.3. The van der Waals surface area contributed by atoms with Crippen LogP contribution in [0.15, 0.2) is 33.7 Å². The number of aromatic carboxylic acids is 1. The Balaban J connectivity index is 2.57. The Morgan fingerprint density at radius 2 is 2.22 bits per heavy atom. The van der Waals surface area contributed by atoms with Gasteiger partial charge in [0.05, 0.1) is 12.8 Å². The van der Waals surface area contributed by atoms with Crippen molar-refractivity contribution in [3.05, 3.63) is 51.8 Å². The number of furan rings is 1. The number of hydrogen-bond donors (Lipinski definition) is 2. The largest absolute Gasteiger partial charge is 0.507 e. The highest BCUT2D eigenvalue weighted by Crippen LogP contribution is 2.15. The normalized spacial score (nSPS) is 10.5. The monoisotopic (exact) mass is 249 g/mol. The number of carboxylic acids is 1. The summed E-state index contributed by atoms with van der Waals surface area (Å²) in [7, 11) is 0. The number of rotatable bonds is 3. The molecule has 94 valence electrons. The van der Waals surface area contributed by atoms with Crippen LogP contribution in [0, 0.1) is 6.92 Å². The summed E-state index contributed by atoms with van der Waals surface area (Å²) >= 11 is 0. The molecule has 0 saturated heterocycles. The van der Waals surface area contributed by atoms with Gasteiger partial charge < -0.3 is 19.2 Å². The molecule has 0 aliphatic rings. The maximum Gasteiger partial charge on any atom is 0.345 e. The Bertz CT molecular complexity index is 639. The van der Waals surface area contributed by atoms with Crippen molar-refractivity contribution in [1.29, 1.82) is 0 Å². The number of pyridine rings is 1. The van der Waals surface area contributed by atoms with Crippen LogP contribution in [0.4, 0.5) is 0 Å². The van der Waals surface area contributed by atoms with Gasteiger partial charge in [0.1, 0.15) is 11.5 Å². The highest BCUT2D eigenvalue weighted by atomic mass is 16.4. The standard InChI is InChI=1S/C12H11NO5/c1-7-5-9(14)10(12(16)17)11(15)13(7)6-8-3-2-4-18-8/h2-5,14H,6H2,1H3,(H,16,17). The maximum absolute atomic E-state index is 12.0. The molecule has 0 spiro atoms. The first kappa shape index (κ1) is 12.0. The smallest absolute Gasteiger partial charge is 0.345 e. The lowest BCUT2D eigenvalue weighted by atomic mass is 10.2. The van der Waals surface area contributed by atoms with Crippen molar-refractivity contribution >= 4 is 5.97 Å². The van der Waals surface area contributed by atoms with Gasteiger partial charge in [-0.2, -0.15) is 0 Å². The van der Waals surface area contributed by atoms with E-state index in [4.69, 9.17) is 9.52 Å². The molecule has 0 amide bonds. The average molecular weight is 249 g/mol. The minimum atomic E-state index is -1.45. The predicted molar refractivity (Wildman–Crippen MR) is 61.9 cm³/mol. The van der Waals surface area contributed by atoms with E-state index in [1.54, 1.807) is 19.1 Å². The lowest BCUT2D eigenvalue weighted by Crippen LogP contribution is -2.28. The molecule has 0 bridgehead atoms. The van der Waals surface area contributed by atoms with Crippen LogP contribution in [0.2, 0.25) is 0 Å². The number of carbonyl (C=O) groups is 1. The second kappa shape index (κ2) is 4.40. The molecule has 0 saturated carbocycles. The van der Waals surface area contributed by atoms with E-state index >= 15 is 0 Å². The van der Waals surface area contributed by atoms with E-state index in [1.807, 2.05) is 0 Å². The molecule has 0 radical (unpaired) electrons. The van der Waals surface area contributed by atoms with Crippen LogP contribution in [0.3, 0.4) is 0 Å². The van der Waals surface area contributed by atoms with Crippen LogP contribution in [-0.2, 0) is 6.54 Å². The van der Waals surface area contributed by atoms with E-state index in [2.05, 4.69) is 0 Å². The summed E-state index contributed by atoms with van der Waals surface area (Å²) in [5.41, 5.74) is -0.928. The Kier molecular flexibility index (Phi) is 2.93. The van der Waals surface area contributed by atoms with Crippen LogP contribution < -0.4 is 5.56 Å². The molecule has 2 N–H and O–H groups in total. The molecule has 6 heteroatoms. The van der Waals surface area contributed by atoms with Crippen LogP contribution >= 0.6 is 0 Å². The molecule has 0 atom stereocenters. The van der Waals surface area contributed by atoms with E-state index < -0.39 is 22.8 Å². The van der Waals surface area contributed by atoms with Gasteiger partial charge in [0.25, 0.3) is 5.56 Å². The first-order valence-corrected chi connectivity index (χ1v) is 5.19. The summed E-state index contributed by atoms with van der Waals surface area (Å²) in [6.45, 7) is 1.73. The molecule has 0 aromatic carbocycles. The molecule has 18 heavy (non-hydrogen) atoms. The number of aryl methyl sites for hydroxylation is 1. The van der Waals surface area contributed by atoms with Gasteiger partial charge in [0, 0.05) is 11.8 Å². The topological polar surface area (TPSA) is 92.7 Å². The summed E-state index contributed by atoms with van der Waals surface area (Å²) in [5, 5.41) is 18.4. The van der Waals surface area contributed by atoms with E-state index in [0.29, 0.717) is 11.5 Å². The number of nitrogens with zero attached hydrogens (tertiary/aromatic N) is 1. The third-order valence-electron chi connectivity index (χ3n) is 2.59. The molecular weight excluding hydrogens is 238 g/mol. The Morgan fingerprint density at radius 3 is 2.78 bits per heavy atom.